The Kier molecular flexibility index (Phi) is 3.25. The van der Waals surface area contributed by atoms with Gasteiger partial charge < -0.3 is 15.1 Å². The summed E-state index contributed by atoms with van der Waals surface area (Å²) in [6, 6.07) is 3.87. The molecular formula is C16H17F2N3O2. The van der Waals surface area contributed by atoms with Crippen LogP contribution in [0.15, 0.2) is 18.2 Å². The molecule has 0 radical (unpaired) electrons. The fourth-order valence-corrected chi connectivity index (χ4v) is 3.48. The smallest absolute Gasteiger partial charge is 0.317 e. The first kappa shape index (κ1) is 14.4. The summed E-state index contributed by atoms with van der Waals surface area (Å²) in [5.74, 6) is -1.85. The lowest BCUT2D eigenvalue weighted by molar-refractivity contribution is -0.139. The second kappa shape index (κ2) is 5.18. The van der Waals surface area contributed by atoms with Gasteiger partial charge in [0.05, 0.1) is 6.04 Å². The van der Waals surface area contributed by atoms with Crippen molar-refractivity contribution in [3.05, 3.63) is 35.4 Å². The molecule has 0 aromatic heterocycles. The summed E-state index contributed by atoms with van der Waals surface area (Å²) in [5.41, 5.74) is 0.679. The molecule has 3 amide bonds. The molecule has 122 valence electrons. The maximum atomic E-state index is 13.3. The molecule has 0 spiro atoms. The molecule has 1 aliphatic carbocycles. The van der Waals surface area contributed by atoms with E-state index in [4.69, 9.17) is 0 Å². The van der Waals surface area contributed by atoms with Crippen LogP contribution in [0.5, 0.6) is 0 Å². The van der Waals surface area contributed by atoms with Crippen molar-refractivity contribution < 1.29 is 18.4 Å². The number of carbonyl (C=O) groups excluding carboxylic acids is 2. The summed E-state index contributed by atoms with van der Waals surface area (Å²) in [6.45, 7) is 2.47. The van der Waals surface area contributed by atoms with Crippen LogP contribution >= 0.6 is 0 Å². The maximum Gasteiger partial charge on any atom is 0.317 e. The van der Waals surface area contributed by atoms with Gasteiger partial charge in [0.2, 0.25) is 5.91 Å². The number of hydrogen-bond acceptors (Lipinski definition) is 2. The van der Waals surface area contributed by atoms with Crippen LogP contribution in [0.3, 0.4) is 0 Å². The highest BCUT2D eigenvalue weighted by atomic mass is 19.2. The summed E-state index contributed by atoms with van der Waals surface area (Å²) < 4.78 is 26.2. The van der Waals surface area contributed by atoms with Crippen LogP contribution in [0.2, 0.25) is 0 Å². The van der Waals surface area contributed by atoms with Gasteiger partial charge in [-0.3, -0.25) is 4.79 Å². The summed E-state index contributed by atoms with van der Waals surface area (Å²) >= 11 is 0. The molecule has 4 rings (SSSR count). The summed E-state index contributed by atoms with van der Waals surface area (Å²) in [7, 11) is 0. The van der Waals surface area contributed by atoms with Gasteiger partial charge in [-0.1, -0.05) is 6.07 Å². The zero-order valence-electron chi connectivity index (χ0n) is 12.5. The fraction of sp³-hybridized carbons (Fsp3) is 0.500. The number of halogens is 2. The quantitative estimate of drug-likeness (QED) is 0.912. The molecule has 0 unspecified atom stereocenters. The van der Waals surface area contributed by atoms with Crippen molar-refractivity contribution in [3.8, 4) is 0 Å². The van der Waals surface area contributed by atoms with Crippen molar-refractivity contribution in [2.75, 3.05) is 26.2 Å². The summed E-state index contributed by atoms with van der Waals surface area (Å²) in [5, 5.41) is 2.75. The van der Waals surface area contributed by atoms with Crippen molar-refractivity contribution in [2.24, 2.45) is 5.92 Å². The topological polar surface area (TPSA) is 52.7 Å². The SMILES string of the molecule is O=C([C@H]1C[C@@H]1c1ccc(F)c(F)c1)N1CC(N2CCNC2=O)C1. The molecule has 5 nitrogen and oxygen atoms in total. The van der Waals surface area contributed by atoms with E-state index < -0.39 is 11.6 Å². The number of carbonyl (C=O) groups is 2. The van der Waals surface area contributed by atoms with Crippen molar-refractivity contribution in [2.45, 2.75) is 18.4 Å². The van der Waals surface area contributed by atoms with Gasteiger partial charge in [-0.15, -0.1) is 0 Å². The highest BCUT2D eigenvalue weighted by Gasteiger charge is 2.49. The molecule has 23 heavy (non-hydrogen) atoms. The fourth-order valence-electron chi connectivity index (χ4n) is 3.48. The highest BCUT2D eigenvalue weighted by molar-refractivity contribution is 5.84. The number of benzene rings is 1. The number of rotatable bonds is 3. The number of amides is 3. The second-order valence-corrected chi connectivity index (χ2v) is 6.44. The van der Waals surface area contributed by atoms with Crippen molar-refractivity contribution in [1.29, 1.82) is 0 Å². The molecule has 2 saturated heterocycles. The second-order valence-electron chi connectivity index (χ2n) is 6.44. The Morgan fingerprint density at radius 1 is 1.22 bits per heavy atom. The highest BCUT2D eigenvalue weighted by Crippen LogP contribution is 2.49. The van der Waals surface area contributed by atoms with E-state index in [-0.39, 0.29) is 29.8 Å². The summed E-state index contributed by atoms with van der Waals surface area (Å²) in [4.78, 5) is 27.5. The zero-order chi connectivity index (χ0) is 16.1. The van der Waals surface area contributed by atoms with E-state index in [0.29, 0.717) is 38.2 Å². The first-order chi connectivity index (χ1) is 11.0. The van der Waals surface area contributed by atoms with E-state index in [2.05, 4.69) is 5.32 Å². The van der Waals surface area contributed by atoms with Crippen LogP contribution in [0.25, 0.3) is 0 Å². The molecule has 3 fully saturated rings. The lowest BCUT2D eigenvalue weighted by Crippen LogP contribution is -2.62. The maximum absolute atomic E-state index is 13.3. The Labute approximate surface area is 132 Å². The van der Waals surface area contributed by atoms with Gasteiger partial charge in [-0.2, -0.15) is 0 Å². The van der Waals surface area contributed by atoms with Gasteiger partial charge in [0.1, 0.15) is 0 Å². The predicted octanol–water partition coefficient (Wildman–Crippen LogP) is 1.30. The molecule has 1 aromatic carbocycles. The van der Waals surface area contributed by atoms with Gasteiger partial charge in [-0.05, 0) is 30.0 Å². The molecule has 1 N–H and O–H groups in total. The Bertz CT molecular complexity index is 675. The van der Waals surface area contributed by atoms with Gasteiger partial charge in [-0.25, -0.2) is 13.6 Å². The molecule has 0 bridgehead atoms. The van der Waals surface area contributed by atoms with Crippen LogP contribution in [-0.2, 0) is 4.79 Å². The monoisotopic (exact) mass is 321 g/mol. The van der Waals surface area contributed by atoms with Crippen LogP contribution in [-0.4, -0.2) is 54.0 Å². The van der Waals surface area contributed by atoms with Gasteiger partial charge in [0.15, 0.2) is 11.6 Å². The first-order valence-corrected chi connectivity index (χ1v) is 7.83. The number of hydrogen-bond donors (Lipinski definition) is 1. The minimum atomic E-state index is -0.871. The molecule has 1 aromatic rings. The average molecular weight is 321 g/mol. The standard InChI is InChI=1S/C16H17F2N3O2/c17-13-2-1-9(5-14(13)18)11-6-12(11)15(22)20-7-10(8-20)21-4-3-19-16(21)23/h1-2,5,10-12H,3-4,6-8H2,(H,19,23)/t11-,12+/m1/s1. The Hall–Kier alpha value is -2.18. The molecule has 3 aliphatic rings. The van der Waals surface area contributed by atoms with Crippen molar-refractivity contribution in [3.63, 3.8) is 0 Å². The largest absolute Gasteiger partial charge is 0.338 e. The van der Waals surface area contributed by atoms with E-state index in [9.17, 15) is 18.4 Å². The Balaban J connectivity index is 1.33. The Morgan fingerprint density at radius 2 is 2.00 bits per heavy atom. The third-order valence-electron chi connectivity index (χ3n) is 4.98. The third kappa shape index (κ3) is 2.44. The van der Waals surface area contributed by atoms with Gasteiger partial charge in [0, 0.05) is 32.1 Å². The molecule has 7 heteroatoms. The number of urea groups is 1. The van der Waals surface area contributed by atoms with E-state index in [1.54, 1.807) is 15.9 Å². The van der Waals surface area contributed by atoms with E-state index in [1.807, 2.05) is 0 Å². The average Bonchev–Trinajstić information content (AvgIpc) is 3.18. The van der Waals surface area contributed by atoms with Crippen LogP contribution in [0.4, 0.5) is 13.6 Å². The van der Waals surface area contributed by atoms with Gasteiger partial charge in [0.25, 0.3) is 0 Å². The van der Waals surface area contributed by atoms with Crippen molar-refractivity contribution in [1.82, 2.24) is 15.1 Å². The van der Waals surface area contributed by atoms with E-state index in [1.165, 1.54) is 6.07 Å². The number of nitrogens with one attached hydrogen (secondary N) is 1. The molecule has 2 atom stereocenters. The van der Waals surface area contributed by atoms with Gasteiger partial charge >= 0.3 is 6.03 Å². The summed E-state index contributed by atoms with van der Waals surface area (Å²) in [6.07, 6.45) is 0.676. The lowest BCUT2D eigenvalue weighted by Gasteiger charge is -2.43. The minimum absolute atomic E-state index is 0.0215. The molecule has 2 heterocycles. The predicted molar refractivity (Wildman–Crippen MR) is 77.7 cm³/mol. The Morgan fingerprint density at radius 3 is 2.65 bits per heavy atom. The number of likely N-dealkylation sites (tertiary alicyclic amines) is 1. The molecule has 1 saturated carbocycles. The minimum Gasteiger partial charge on any atom is -0.338 e. The first-order valence-electron chi connectivity index (χ1n) is 7.83. The van der Waals surface area contributed by atoms with Crippen LogP contribution < -0.4 is 5.32 Å². The normalized spacial score (nSPS) is 27.0. The lowest BCUT2D eigenvalue weighted by atomic mass is 10.0. The molecular weight excluding hydrogens is 304 g/mol. The van der Waals surface area contributed by atoms with E-state index >= 15 is 0 Å². The number of nitrogens with zero attached hydrogens (tertiary/aromatic N) is 2. The van der Waals surface area contributed by atoms with Crippen LogP contribution in [0, 0.1) is 17.6 Å². The third-order valence-corrected chi connectivity index (χ3v) is 4.98. The molecule has 2 aliphatic heterocycles. The van der Waals surface area contributed by atoms with E-state index in [0.717, 1.165) is 6.07 Å². The van der Waals surface area contributed by atoms with Crippen LogP contribution in [0.1, 0.15) is 17.9 Å². The zero-order valence-corrected chi connectivity index (χ0v) is 12.5. The van der Waals surface area contributed by atoms with Crippen molar-refractivity contribution >= 4 is 11.9 Å².